The van der Waals surface area contributed by atoms with E-state index >= 15 is 0 Å². The van der Waals surface area contributed by atoms with Crippen molar-refractivity contribution in [3.05, 3.63) is 73.8 Å². The first-order valence-corrected chi connectivity index (χ1v) is 11.0. The molecule has 0 fully saturated rings. The van der Waals surface area contributed by atoms with Gasteiger partial charge in [-0.3, -0.25) is 19.1 Å². The number of H-pyrrole nitrogens is 1. The highest BCUT2D eigenvalue weighted by molar-refractivity contribution is 7.98. The molecule has 0 saturated heterocycles. The van der Waals surface area contributed by atoms with Crippen molar-refractivity contribution in [2.45, 2.75) is 32.6 Å². The molecule has 2 heterocycles. The first-order chi connectivity index (χ1) is 14.9. The Morgan fingerprint density at radius 1 is 1.26 bits per heavy atom. The van der Waals surface area contributed by atoms with Crippen LogP contribution in [0.3, 0.4) is 0 Å². The number of anilines is 2. The van der Waals surface area contributed by atoms with E-state index in [1.165, 1.54) is 36.0 Å². The van der Waals surface area contributed by atoms with E-state index in [-0.39, 0.29) is 23.7 Å². The van der Waals surface area contributed by atoms with Crippen molar-refractivity contribution in [3.8, 4) is 0 Å². The number of amides is 1. The molecule has 1 amide bonds. The highest BCUT2D eigenvalue weighted by Crippen LogP contribution is 2.18. The van der Waals surface area contributed by atoms with Gasteiger partial charge in [0.1, 0.15) is 11.6 Å². The fourth-order valence-electron chi connectivity index (χ4n) is 3.03. The van der Waals surface area contributed by atoms with Crippen LogP contribution in [-0.2, 0) is 18.7 Å². The molecule has 10 heteroatoms. The Labute approximate surface area is 183 Å². The minimum atomic E-state index is -0.472. The summed E-state index contributed by atoms with van der Waals surface area (Å²) < 4.78 is 6.26. The number of hydrogen-bond acceptors (Lipinski definition) is 7. The molecule has 2 aromatic heterocycles. The summed E-state index contributed by atoms with van der Waals surface area (Å²) in [6, 6.07) is 8.87. The van der Waals surface area contributed by atoms with Crippen LogP contribution in [0.2, 0.25) is 0 Å². The summed E-state index contributed by atoms with van der Waals surface area (Å²) in [4.78, 5) is 39.0. The number of aromatic amines is 1. The predicted molar refractivity (Wildman–Crippen MR) is 121 cm³/mol. The molecule has 0 unspecified atom stereocenters. The molecule has 0 spiro atoms. The third kappa shape index (κ3) is 5.66. The van der Waals surface area contributed by atoms with Gasteiger partial charge in [0.2, 0.25) is 0 Å². The molecule has 0 bridgehead atoms. The van der Waals surface area contributed by atoms with Crippen LogP contribution < -0.4 is 21.9 Å². The average molecular weight is 444 g/mol. The molecule has 31 heavy (non-hydrogen) atoms. The molecule has 9 nitrogen and oxygen atoms in total. The van der Waals surface area contributed by atoms with Crippen molar-refractivity contribution in [1.82, 2.24) is 20.0 Å². The van der Waals surface area contributed by atoms with Crippen molar-refractivity contribution in [2.24, 2.45) is 0 Å². The summed E-state index contributed by atoms with van der Waals surface area (Å²) in [5, 5.41) is 9.26. The molecule has 3 aromatic rings. The summed E-state index contributed by atoms with van der Waals surface area (Å²) in [7, 11) is 1.52. The highest BCUT2D eigenvalue weighted by Gasteiger charge is 2.11. The second-order valence-electron chi connectivity index (χ2n) is 6.91. The fraction of sp³-hybridized carbons (Fsp3) is 0.333. The summed E-state index contributed by atoms with van der Waals surface area (Å²) in [5.74, 6) is 1.58. The number of rotatable bonds is 9. The van der Waals surface area contributed by atoms with Gasteiger partial charge in [-0.05, 0) is 36.6 Å². The van der Waals surface area contributed by atoms with Gasteiger partial charge in [0.15, 0.2) is 5.69 Å². The van der Waals surface area contributed by atoms with Gasteiger partial charge in [0.25, 0.3) is 11.5 Å². The SMILES string of the molecule is CCc1cc(Nc2cc(=O)n(CCSCc3cc(C(=O)NC)no3)c(=O)[nH]2)ccc1C. The molecule has 0 saturated carbocycles. The molecule has 3 rings (SSSR count). The fourth-order valence-corrected chi connectivity index (χ4v) is 3.82. The number of thioether (sulfide) groups is 1. The maximum atomic E-state index is 12.4. The van der Waals surface area contributed by atoms with E-state index in [2.05, 4.69) is 27.7 Å². The molecule has 0 radical (unpaired) electrons. The van der Waals surface area contributed by atoms with Crippen molar-refractivity contribution >= 4 is 29.2 Å². The zero-order valence-electron chi connectivity index (χ0n) is 17.7. The second-order valence-corrected chi connectivity index (χ2v) is 8.01. The van der Waals surface area contributed by atoms with Gasteiger partial charge in [-0.1, -0.05) is 18.1 Å². The van der Waals surface area contributed by atoms with Crippen LogP contribution in [0.4, 0.5) is 11.5 Å². The molecule has 3 N–H and O–H groups in total. The number of nitrogens with zero attached hydrogens (tertiary/aromatic N) is 2. The lowest BCUT2D eigenvalue weighted by molar-refractivity contribution is 0.0954. The van der Waals surface area contributed by atoms with Crippen molar-refractivity contribution in [2.75, 3.05) is 18.1 Å². The van der Waals surface area contributed by atoms with E-state index in [9.17, 15) is 14.4 Å². The number of carbonyl (C=O) groups excluding carboxylic acids is 1. The Bertz CT molecular complexity index is 1150. The first-order valence-electron chi connectivity index (χ1n) is 9.87. The van der Waals surface area contributed by atoms with Crippen molar-refractivity contribution < 1.29 is 9.32 Å². The number of nitrogens with one attached hydrogen (secondary N) is 3. The predicted octanol–water partition coefficient (Wildman–Crippen LogP) is 2.43. The Morgan fingerprint density at radius 3 is 2.77 bits per heavy atom. The smallest absolute Gasteiger partial charge is 0.329 e. The van der Waals surface area contributed by atoms with Crippen LogP contribution in [0.15, 0.2) is 44.4 Å². The monoisotopic (exact) mass is 443 g/mol. The third-order valence-corrected chi connectivity index (χ3v) is 5.71. The van der Waals surface area contributed by atoms with Crippen LogP contribution in [0.1, 0.15) is 34.3 Å². The van der Waals surface area contributed by atoms with Crippen LogP contribution in [0.25, 0.3) is 0 Å². The minimum absolute atomic E-state index is 0.216. The number of aromatic nitrogens is 3. The quantitative estimate of drug-likeness (QED) is 0.434. The number of carbonyl (C=O) groups is 1. The largest absolute Gasteiger partial charge is 0.360 e. The van der Waals surface area contributed by atoms with Crippen LogP contribution >= 0.6 is 11.8 Å². The molecule has 0 aliphatic rings. The summed E-state index contributed by atoms with van der Waals surface area (Å²) >= 11 is 1.47. The standard InChI is InChI=1S/C21H25N5O4S/c1-4-14-9-15(6-5-13(14)2)23-18-11-19(27)26(21(29)24-18)7-8-31-12-16-10-17(25-30-16)20(28)22-3/h5-6,9-11,23H,4,7-8,12H2,1-3H3,(H,22,28)(H,24,29). The summed E-state index contributed by atoms with van der Waals surface area (Å²) in [5.41, 5.74) is 2.58. The lowest BCUT2D eigenvalue weighted by Crippen LogP contribution is -2.35. The van der Waals surface area contributed by atoms with Gasteiger partial charge >= 0.3 is 5.69 Å². The topological polar surface area (TPSA) is 122 Å². The van der Waals surface area contributed by atoms with E-state index in [1.54, 1.807) is 6.07 Å². The van der Waals surface area contributed by atoms with Crippen LogP contribution in [0.5, 0.6) is 0 Å². The van der Waals surface area contributed by atoms with Gasteiger partial charge in [0, 0.05) is 37.2 Å². The van der Waals surface area contributed by atoms with Crippen LogP contribution in [0, 0.1) is 6.92 Å². The van der Waals surface area contributed by atoms with E-state index in [1.807, 2.05) is 25.1 Å². The van der Waals surface area contributed by atoms with Gasteiger partial charge < -0.3 is 15.2 Å². The van der Waals surface area contributed by atoms with Gasteiger partial charge in [-0.15, -0.1) is 0 Å². The highest BCUT2D eigenvalue weighted by atomic mass is 32.2. The molecular formula is C21H25N5O4S. The van der Waals surface area contributed by atoms with Crippen LogP contribution in [-0.4, -0.2) is 33.4 Å². The second kappa shape index (κ2) is 10.2. The van der Waals surface area contributed by atoms with Gasteiger partial charge in [0.05, 0.1) is 5.75 Å². The Hall–Kier alpha value is -3.27. The summed E-state index contributed by atoms with van der Waals surface area (Å²) in [6.07, 6.45) is 0.901. The lowest BCUT2D eigenvalue weighted by atomic mass is 10.1. The molecule has 0 aliphatic heterocycles. The molecule has 0 atom stereocenters. The van der Waals surface area contributed by atoms with Gasteiger partial charge in [-0.2, -0.15) is 11.8 Å². The van der Waals surface area contributed by atoms with Crippen molar-refractivity contribution in [1.29, 1.82) is 0 Å². The number of aryl methyl sites for hydroxylation is 2. The molecule has 0 aliphatic carbocycles. The maximum Gasteiger partial charge on any atom is 0.329 e. The molecule has 164 valence electrons. The van der Waals surface area contributed by atoms with E-state index in [0.717, 1.165) is 16.7 Å². The summed E-state index contributed by atoms with van der Waals surface area (Å²) in [6.45, 7) is 4.38. The Balaban J connectivity index is 1.59. The minimum Gasteiger partial charge on any atom is -0.360 e. The number of hydrogen-bond donors (Lipinski definition) is 3. The zero-order valence-corrected chi connectivity index (χ0v) is 18.5. The zero-order chi connectivity index (χ0) is 22.4. The maximum absolute atomic E-state index is 12.4. The molecular weight excluding hydrogens is 418 g/mol. The average Bonchev–Trinajstić information content (AvgIpc) is 3.22. The van der Waals surface area contributed by atoms with E-state index in [4.69, 9.17) is 4.52 Å². The Kier molecular flexibility index (Phi) is 7.35. The molecule has 1 aromatic carbocycles. The third-order valence-electron chi connectivity index (χ3n) is 4.75. The van der Waals surface area contributed by atoms with Gasteiger partial charge in [-0.25, -0.2) is 4.79 Å². The normalized spacial score (nSPS) is 10.8. The van der Waals surface area contributed by atoms with E-state index < -0.39 is 5.69 Å². The van der Waals surface area contributed by atoms with Crippen molar-refractivity contribution in [3.63, 3.8) is 0 Å². The Morgan fingerprint density at radius 2 is 2.06 bits per heavy atom. The van der Waals surface area contributed by atoms with E-state index in [0.29, 0.717) is 23.1 Å². The lowest BCUT2D eigenvalue weighted by Gasteiger charge is -2.11. The first kappa shape index (κ1) is 22.4. The number of benzene rings is 1.